The Kier molecular flexibility index (Phi) is 7.53. The summed E-state index contributed by atoms with van der Waals surface area (Å²) in [5.74, 6) is 2.94. The zero-order valence-corrected chi connectivity index (χ0v) is 19.4. The zero-order valence-electron chi connectivity index (χ0n) is 18.7. The Morgan fingerprint density at radius 1 is 0.970 bits per heavy atom. The second kappa shape index (κ2) is 10.9. The van der Waals surface area contributed by atoms with Gasteiger partial charge < -0.3 is 18.8 Å². The number of aromatic nitrogens is 2. The normalized spacial score (nSPS) is 10.8. The maximum absolute atomic E-state index is 6.19. The number of para-hydroxylation sites is 3. The molecule has 0 saturated heterocycles. The molecular weight excluding hydrogens is 436 g/mol. The average Bonchev–Trinajstić information content (AvgIpc) is 3.19. The summed E-state index contributed by atoms with van der Waals surface area (Å²) in [6.45, 7) is 5.42. The van der Waals surface area contributed by atoms with Crippen molar-refractivity contribution in [3.8, 4) is 17.2 Å². The predicted molar refractivity (Wildman–Crippen MR) is 133 cm³/mol. The monoisotopic (exact) mass is 462 g/mol. The molecule has 5 nitrogen and oxygen atoms in total. The fraction of sp³-hybridized carbons (Fsp3) is 0.222. The van der Waals surface area contributed by atoms with Crippen molar-refractivity contribution in [2.45, 2.75) is 26.0 Å². The molecule has 3 aromatic carbocycles. The number of hydrogen-bond donors (Lipinski definition) is 0. The van der Waals surface area contributed by atoms with E-state index in [9.17, 15) is 0 Å². The molecule has 6 heteroatoms. The molecule has 170 valence electrons. The molecule has 0 saturated carbocycles. The standard InChI is InChI=1S/C27H27ClN2O3/c1-3-9-20-14-15-25(26(18-20)31-2)33-19-27-29-22-11-5-6-12-23(22)30(27)16-8-17-32-24-13-7-4-10-21(24)28/h3-7,10-15,18H,1,8-9,16-17,19H2,2H3. The molecule has 0 atom stereocenters. The first kappa shape index (κ1) is 22.7. The minimum Gasteiger partial charge on any atom is -0.493 e. The van der Waals surface area contributed by atoms with E-state index in [4.69, 9.17) is 30.8 Å². The molecule has 0 bridgehead atoms. The Bertz CT molecular complexity index is 1240. The lowest BCUT2D eigenvalue weighted by atomic mass is 10.1. The van der Waals surface area contributed by atoms with Crippen LogP contribution in [0.3, 0.4) is 0 Å². The van der Waals surface area contributed by atoms with E-state index in [0.29, 0.717) is 35.5 Å². The van der Waals surface area contributed by atoms with E-state index in [-0.39, 0.29) is 0 Å². The van der Waals surface area contributed by atoms with Gasteiger partial charge in [-0.25, -0.2) is 4.98 Å². The van der Waals surface area contributed by atoms with Crippen molar-refractivity contribution in [1.29, 1.82) is 0 Å². The smallest absolute Gasteiger partial charge is 0.161 e. The summed E-state index contributed by atoms with van der Waals surface area (Å²) in [6, 6.07) is 21.5. The molecule has 1 aromatic heterocycles. The molecule has 0 aliphatic heterocycles. The van der Waals surface area contributed by atoms with Crippen LogP contribution in [0.4, 0.5) is 0 Å². The van der Waals surface area contributed by atoms with Crippen LogP contribution in [0.5, 0.6) is 17.2 Å². The molecule has 0 aliphatic rings. The summed E-state index contributed by atoms with van der Waals surface area (Å²) in [6.07, 6.45) is 3.45. The Hall–Kier alpha value is -3.44. The number of halogens is 1. The van der Waals surface area contributed by atoms with Crippen LogP contribution in [0, 0.1) is 0 Å². The number of aryl methyl sites for hydroxylation is 1. The summed E-state index contributed by atoms with van der Waals surface area (Å²) >= 11 is 6.19. The Labute approximate surface area is 199 Å². The lowest BCUT2D eigenvalue weighted by Gasteiger charge is -2.14. The fourth-order valence-electron chi connectivity index (χ4n) is 3.72. The number of allylic oxidation sites excluding steroid dienone is 1. The van der Waals surface area contributed by atoms with Gasteiger partial charge in [-0.3, -0.25) is 0 Å². The van der Waals surface area contributed by atoms with Crippen LogP contribution in [0.2, 0.25) is 5.02 Å². The second-order valence-corrected chi connectivity index (χ2v) is 7.97. The van der Waals surface area contributed by atoms with Crippen LogP contribution in [0.25, 0.3) is 11.0 Å². The Morgan fingerprint density at radius 2 is 1.79 bits per heavy atom. The quantitative estimate of drug-likeness (QED) is 0.189. The third-order valence-electron chi connectivity index (χ3n) is 5.32. The van der Waals surface area contributed by atoms with Crippen molar-refractivity contribution in [3.63, 3.8) is 0 Å². The third kappa shape index (κ3) is 5.49. The maximum Gasteiger partial charge on any atom is 0.161 e. The number of imidazole rings is 1. The average molecular weight is 463 g/mol. The number of hydrogen-bond acceptors (Lipinski definition) is 4. The number of rotatable bonds is 11. The van der Waals surface area contributed by atoms with E-state index < -0.39 is 0 Å². The molecule has 0 spiro atoms. The number of methoxy groups -OCH3 is 1. The van der Waals surface area contributed by atoms with Crippen molar-refractivity contribution in [2.24, 2.45) is 0 Å². The Morgan fingerprint density at radius 3 is 2.61 bits per heavy atom. The minimum absolute atomic E-state index is 0.331. The van der Waals surface area contributed by atoms with Crippen LogP contribution < -0.4 is 14.2 Å². The summed E-state index contributed by atoms with van der Waals surface area (Å²) in [7, 11) is 1.65. The van der Waals surface area contributed by atoms with Gasteiger partial charge in [0.15, 0.2) is 11.5 Å². The van der Waals surface area contributed by atoms with Gasteiger partial charge in [0.05, 0.1) is 29.8 Å². The molecule has 0 fully saturated rings. The molecule has 0 amide bonds. The highest BCUT2D eigenvalue weighted by Crippen LogP contribution is 2.29. The Balaban J connectivity index is 1.47. The second-order valence-electron chi connectivity index (χ2n) is 7.57. The summed E-state index contributed by atoms with van der Waals surface area (Å²) < 4.78 is 19.7. The van der Waals surface area contributed by atoms with Crippen molar-refractivity contribution in [3.05, 3.63) is 95.8 Å². The van der Waals surface area contributed by atoms with Crippen molar-refractivity contribution in [2.75, 3.05) is 13.7 Å². The van der Waals surface area contributed by atoms with Gasteiger partial charge in [-0.15, -0.1) is 6.58 Å². The van der Waals surface area contributed by atoms with Crippen LogP contribution in [0.15, 0.2) is 79.4 Å². The van der Waals surface area contributed by atoms with Gasteiger partial charge in [-0.2, -0.15) is 0 Å². The first-order valence-corrected chi connectivity index (χ1v) is 11.3. The molecule has 4 rings (SSSR count). The fourth-order valence-corrected chi connectivity index (χ4v) is 3.91. The summed E-state index contributed by atoms with van der Waals surface area (Å²) in [5.41, 5.74) is 3.14. The maximum atomic E-state index is 6.19. The molecule has 33 heavy (non-hydrogen) atoms. The van der Waals surface area contributed by atoms with Gasteiger partial charge in [0.2, 0.25) is 0 Å². The molecule has 0 aliphatic carbocycles. The first-order chi connectivity index (χ1) is 16.2. The van der Waals surface area contributed by atoms with E-state index in [1.165, 1.54) is 0 Å². The number of nitrogens with zero attached hydrogens (tertiary/aromatic N) is 2. The third-order valence-corrected chi connectivity index (χ3v) is 5.63. The predicted octanol–water partition coefficient (Wildman–Crippen LogP) is 6.47. The largest absolute Gasteiger partial charge is 0.493 e. The van der Waals surface area contributed by atoms with Gasteiger partial charge in [0.25, 0.3) is 0 Å². The number of benzene rings is 3. The van der Waals surface area contributed by atoms with Crippen LogP contribution in [0.1, 0.15) is 17.8 Å². The highest BCUT2D eigenvalue weighted by Gasteiger charge is 2.13. The van der Waals surface area contributed by atoms with Gasteiger partial charge in [0, 0.05) is 6.54 Å². The lowest BCUT2D eigenvalue weighted by molar-refractivity contribution is 0.267. The minimum atomic E-state index is 0.331. The van der Waals surface area contributed by atoms with E-state index in [2.05, 4.69) is 17.2 Å². The summed E-state index contributed by atoms with van der Waals surface area (Å²) in [4.78, 5) is 4.80. The van der Waals surface area contributed by atoms with Gasteiger partial charge >= 0.3 is 0 Å². The lowest BCUT2D eigenvalue weighted by Crippen LogP contribution is -2.10. The highest BCUT2D eigenvalue weighted by molar-refractivity contribution is 6.32. The van der Waals surface area contributed by atoms with E-state index >= 15 is 0 Å². The SMILES string of the molecule is C=CCc1ccc(OCc2nc3ccccc3n2CCCOc2ccccc2Cl)c(OC)c1. The van der Waals surface area contributed by atoms with Gasteiger partial charge in [-0.1, -0.05) is 48.0 Å². The van der Waals surface area contributed by atoms with Crippen molar-refractivity contribution in [1.82, 2.24) is 9.55 Å². The molecule has 0 radical (unpaired) electrons. The van der Waals surface area contributed by atoms with Crippen LogP contribution in [-0.4, -0.2) is 23.3 Å². The first-order valence-electron chi connectivity index (χ1n) is 10.9. The topological polar surface area (TPSA) is 45.5 Å². The molecule has 1 heterocycles. The zero-order chi connectivity index (χ0) is 23.0. The highest BCUT2D eigenvalue weighted by atomic mass is 35.5. The van der Waals surface area contributed by atoms with Gasteiger partial charge in [0.1, 0.15) is 18.2 Å². The van der Waals surface area contributed by atoms with Crippen LogP contribution >= 0.6 is 11.6 Å². The van der Waals surface area contributed by atoms with Crippen molar-refractivity contribution >= 4 is 22.6 Å². The molecule has 0 unspecified atom stereocenters. The van der Waals surface area contributed by atoms with E-state index in [1.54, 1.807) is 7.11 Å². The molecular formula is C27H27ClN2O3. The van der Waals surface area contributed by atoms with Crippen LogP contribution in [-0.2, 0) is 19.6 Å². The molecule has 4 aromatic rings. The molecule has 0 N–H and O–H groups in total. The number of fused-ring (bicyclic) bond motifs is 1. The van der Waals surface area contributed by atoms with Gasteiger partial charge in [-0.05, 0) is 54.8 Å². The van der Waals surface area contributed by atoms with E-state index in [0.717, 1.165) is 41.8 Å². The summed E-state index contributed by atoms with van der Waals surface area (Å²) in [5, 5.41) is 0.618. The number of ether oxygens (including phenoxy) is 3. The van der Waals surface area contributed by atoms with E-state index in [1.807, 2.05) is 66.7 Å². The van der Waals surface area contributed by atoms with Crippen molar-refractivity contribution < 1.29 is 14.2 Å².